The highest BCUT2D eigenvalue weighted by molar-refractivity contribution is 5.96. The number of ether oxygens (including phenoxy) is 1. The number of allylic oxidation sites excluding steroid dienone is 2. The number of rotatable bonds is 9. The van der Waals surface area contributed by atoms with Gasteiger partial charge in [-0.15, -0.1) is 5.73 Å². The lowest BCUT2D eigenvalue weighted by molar-refractivity contribution is -0.0754. The van der Waals surface area contributed by atoms with Crippen LogP contribution >= 0.6 is 0 Å². The fourth-order valence-corrected chi connectivity index (χ4v) is 3.93. The zero-order chi connectivity index (χ0) is 24.3. The predicted molar refractivity (Wildman–Crippen MR) is 127 cm³/mol. The Labute approximate surface area is 195 Å². The van der Waals surface area contributed by atoms with E-state index in [9.17, 15) is 18.0 Å². The summed E-state index contributed by atoms with van der Waals surface area (Å²) in [5.74, 6) is -0.893. The highest BCUT2D eigenvalue weighted by Gasteiger charge is 2.38. The highest BCUT2D eigenvalue weighted by Crippen LogP contribution is 2.25. The molecule has 0 N–H and O–H groups in total. The van der Waals surface area contributed by atoms with Crippen molar-refractivity contribution < 1.29 is 22.7 Å². The van der Waals surface area contributed by atoms with Gasteiger partial charge in [0.1, 0.15) is 5.70 Å². The van der Waals surface area contributed by atoms with Crippen LogP contribution in [0.4, 0.5) is 13.2 Å². The third kappa shape index (κ3) is 9.05. The van der Waals surface area contributed by atoms with Crippen molar-refractivity contribution in [2.45, 2.75) is 77.3 Å². The van der Waals surface area contributed by atoms with Gasteiger partial charge in [0.15, 0.2) is 5.78 Å². The molecule has 180 valence electrons. The molecular weight excluding hydrogens is 427 g/mol. The van der Waals surface area contributed by atoms with Gasteiger partial charge in [0.25, 0.3) is 5.90 Å². The van der Waals surface area contributed by atoms with Gasteiger partial charge in [0.2, 0.25) is 0 Å². The Bertz CT molecular complexity index is 891. The van der Waals surface area contributed by atoms with Crippen molar-refractivity contribution in [3.63, 3.8) is 0 Å². The molecule has 1 atom stereocenters. The maximum absolute atomic E-state index is 12.9. The molecule has 2 rings (SSSR count). The molecule has 0 heterocycles. The summed E-state index contributed by atoms with van der Waals surface area (Å²) >= 11 is 0. The number of hydrogen-bond donors (Lipinski definition) is 0. The van der Waals surface area contributed by atoms with E-state index >= 15 is 0 Å². The van der Waals surface area contributed by atoms with Crippen LogP contribution in [-0.4, -0.2) is 25.0 Å². The Morgan fingerprint density at radius 1 is 1.12 bits per heavy atom. The van der Waals surface area contributed by atoms with Crippen LogP contribution in [0.1, 0.15) is 87.1 Å². The molecule has 0 saturated carbocycles. The fraction of sp³-hybridized carbons (Fsp3) is 0.519. The van der Waals surface area contributed by atoms with Crippen LogP contribution < -0.4 is 0 Å². The van der Waals surface area contributed by atoms with Crippen molar-refractivity contribution in [1.29, 1.82) is 0 Å². The molecule has 33 heavy (non-hydrogen) atoms. The molecule has 6 heteroatoms. The van der Waals surface area contributed by atoms with E-state index in [0.29, 0.717) is 23.5 Å². The largest absolute Gasteiger partial charge is 0.478 e. The summed E-state index contributed by atoms with van der Waals surface area (Å²) in [6.07, 6.45) is 8.80. The summed E-state index contributed by atoms with van der Waals surface area (Å²) in [5.41, 5.74) is 4.78. The predicted octanol–water partition coefficient (Wildman–Crippen LogP) is 8.08. The average Bonchev–Trinajstić information content (AvgIpc) is 2.77. The van der Waals surface area contributed by atoms with Crippen molar-refractivity contribution in [3.8, 4) is 0 Å². The molecule has 1 aliphatic rings. The average molecular weight is 462 g/mol. The first-order chi connectivity index (χ1) is 15.7. The van der Waals surface area contributed by atoms with E-state index < -0.39 is 12.1 Å². The van der Waals surface area contributed by atoms with Gasteiger partial charge in [-0.2, -0.15) is 13.2 Å². The monoisotopic (exact) mass is 461 g/mol. The number of Topliss-reactive ketones (excluding diaryl/α,β-unsaturated/α-hetero) is 1. The summed E-state index contributed by atoms with van der Waals surface area (Å²) in [4.78, 5) is 16.1. The Morgan fingerprint density at radius 2 is 1.79 bits per heavy atom. The van der Waals surface area contributed by atoms with Crippen molar-refractivity contribution in [1.82, 2.24) is 0 Å². The van der Waals surface area contributed by atoms with Crippen LogP contribution in [0.25, 0.3) is 5.70 Å². The normalized spacial score (nSPS) is 16.2. The lowest BCUT2D eigenvalue weighted by Crippen LogP contribution is -2.24. The Hall–Kier alpha value is -2.59. The van der Waals surface area contributed by atoms with Crippen LogP contribution in [0.15, 0.2) is 53.2 Å². The van der Waals surface area contributed by atoms with E-state index in [1.165, 1.54) is 38.5 Å². The SMILES string of the molecule is C=C=C(N=C(OC)C(F)(F)F)c1ccc(C(=O)CC[C@H](C)CCC2=CCCCCCC2)cc1. The van der Waals surface area contributed by atoms with Crippen molar-refractivity contribution in [2.75, 3.05) is 7.11 Å². The summed E-state index contributed by atoms with van der Waals surface area (Å²) in [7, 11) is 0.907. The lowest BCUT2D eigenvalue weighted by Gasteiger charge is -2.15. The molecule has 0 aromatic heterocycles. The number of nitrogens with zero attached hydrogens (tertiary/aromatic N) is 1. The highest BCUT2D eigenvalue weighted by atomic mass is 19.4. The second-order valence-corrected chi connectivity index (χ2v) is 8.64. The number of carbonyl (C=O) groups is 1. The molecule has 1 aliphatic carbocycles. The number of benzene rings is 1. The van der Waals surface area contributed by atoms with Crippen LogP contribution in [0.2, 0.25) is 0 Å². The van der Waals surface area contributed by atoms with Gasteiger partial charge in [-0.1, -0.05) is 62.3 Å². The zero-order valence-corrected chi connectivity index (χ0v) is 19.6. The van der Waals surface area contributed by atoms with Crippen molar-refractivity contribution in [2.24, 2.45) is 10.9 Å². The maximum atomic E-state index is 12.9. The van der Waals surface area contributed by atoms with Crippen molar-refractivity contribution in [3.05, 3.63) is 59.4 Å². The number of hydrogen-bond acceptors (Lipinski definition) is 3. The molecule has 0 unspecified atom stereocenters. The summed E-state index contributed by atoms with van der Waals surface area (Å²) in [6.45, 7) is 5.60. The van der Waals surface area contributed by atoms with Gasteiger partial charge in [-0.25, -0.2) is 4.99 Å². The number of methoxy groups -OCH3 is 1. The molecule has 0 amide bonds. The fourth-order valence-electron chi connectivity index (χ4n) is 3.93. The van der Waals surface area contributed by atoms with Gasteiger partial charge < -0.3 is 4.74 Å². The number of halogens is 3. The number of aliphatic imine (C=N–C) groups is 1. The van der Waals surface area contributed by atoms with Crippen molar-refractivity contribution >= 4 is 17.4 Å². The molecule has 0 saturated heterocycles. The standard InChI is InChI=1S/C27H34F3NO2/c1-4-24(31-26(33-3)27(28,29)30)22-15-17-23(18-16-22)25(32)19-13-20(2)12-14-21-10-8-6-5-7-9-11-21/h10,15-18,20H,1,5-9,11-14,19H2,2-3H3/t20-/m1/s1. The third-order valence-electron chi connectivity index (χ3n) is 6.00. The molecule has 1 aromatic carbocycles. The smallest absolute Gasteiger partial charge is 0.468 e. The zero-order valence-electron chi connectivity index (χ0n) is 19.6. The number of carbonyl (C=O) groups excluding carboxylic acids is 1. The molecule has 3 nitrogen and oxygen atoms in total. The first-order valence-corrected chi connectivity index (χ1v) is 11.7. The first kappa shape index (κ1) is 26.7. The van der Waals surface area contributed by atoms with Crippen LogP contribution in [-0.2, 0) is 4.74 Å². The lowest BCUT2D eigenvalue weighted by atomic mass is 9.91. The topological polar surface area (TPSA) is 38.7 Å². The number of ketones is 1. The molecule has 0 fully saturated rings. The molecule has 0 spiro atoms. The molecule has 0 aliphatic heterocycles. The second kappa shape index (κ2) is 13.2. The van der Waals surface area contributed by atoms with Gasteiger partial charge in [0, 0.05) is 17.5 Å². The van der Waals surface area contributed by atoms with E-state index in [1.54, 1.807) is 29.8 Å². The number of alkyl halides is 3. The minimum Gasteiger partial charge on any atom is -0.478 e. The van der Waals surface area contributed by atoms with Crippen LogP contribution in [0.3, 0.4) is 0 Å². The van der Waals surface area contributed by atoms with E-state index in [1.807, 2.05) is 0 Å². The van der Waals surface area contributed by atoms with E-state index in [0.717, 1.165) is 26.4 Å². The van der Waals surface area contributed by atoms with Gasteiger partial charge >= 0.3 is 6.18 Å². The quantitative estimate of drug-likeness (QED) is 0.123. The van der Waals surface area contributed by atoms with Gasteiger partial charge in [-0.05, 0) is 50.9 Å². The minimum atomic E-state index is -4.71. The van der Waals surface area contributed by atoms with Crippen LogP contribution in [0.5, 0.6) is 0 Å². The molecule has 1 aromatic rings. The second-order valence-electron chi connectivity index (χ2n) is 8.64. The Kier molecular flexibility index (Phi) is 10.7. The Morgan fingerprint density at radius 3 is 2.42 bits per heavy atom. The van der Waals surface area contributed by atoms with E-state index in [4.69, 9.17) is 0 Å². The summed E-state index contributed by atoms with van der Waals surface area (Å²) < 4.78 is 43.0. The molecule has 0 bridgehead atoms. The van der Waals surface area contributed by atoms with Crippen LogP contribution in [0, 0.1) is 5.92 Å². The van der Waals surface area contributed by atoms with E-state index in [2.05, 4.69) is 35.0 Å². The maximum Gasteiger partial charge on any atom is 0.468 e. The summed E-state index contributed by atoms with van der Waals surface area (Å²) in [6, 6.07) is 6.32. The summed E-state index contributed by atoms with van der Waals surface area (Å²) in [5, 5.41) is 0. The van der Waals surface area contributed by atoms with Gasteiger partial charge in [0.05, 0.1) is 7.11 Å². The first-order valence-electron chi connectivity index (χ1n) is 11.7. The molecule has 0 radical (unpaired) electrons. The molecular formula is C27H34F3NO2. The Balaban J connectivity index is 1.90. The third-order valence-corrected chi connectivity index (χ3v) is 6.00. The van der Waals surface area contributed by atoms with E-state index in [-0.39, 0.29) is 11.5 Å². The van der Waals surface area contributed by atoms with Gasteiger partial charge in [-0.3, -0.25) is 4.79 Å². The minimum absolute atomic E-state index is 0.0269.